The predicted molar refractivity (Wildman–Crippen MR) is 65.6 cm³/mol. The molecule has 0 aromatic carbocycles. The standard InChI is InChI=1S/C10H13N5O5/c11-10-12-7-3(8(19)13-10)1-15(14-7)9-6(18)5(17)4(2-16)20-9/h1,4-6,9,16-18H,2H2,(H3,11,12,13,14,19)/t4-,5-,6-,9-/m1/s1. The van der Waals surface area contributed by atoms with E-state index in [9.17, 15) is 15.0 Å². The maximum atomic E-state index is 11.7. The van der Waals surface area contributed by atoms with Crippen molar-refractivity contribution < 1.29 is 20.1 Å². The van der Waals surface area contributed by atoms with Crippen molar-refractivity contribution in [2.45, 2.75) is 24.5 Å². The van der Waals surface area contributed by atoms with Gasteiger partial charge in [0.05, 0.1) is 6.61 Å². The third-order valence-electron chi connectivity index (χ3n) is 3.20. The van der Waals surface area contributed by atoms with E-state index in [1.165, 1.54) is 10.9 Å². The second kappa shape index (κ2) is 4.52. The van der Waals surface area contributed by atoms with Gasteiger partial charge in [-0.15, -0.1) is 5.10 Å². The van der Waals surface area contributed by atoms with Crippen LogP contribution in [-0.2, 0) is 4.74 Å². The summed E-state index contributed by atoms with van der Waals surface area (Å²) in [6.07, 6.45) is -3.12. The maximum Gasteiger partial charge on any atom is 0.263 e. The molecule has 0 spiro atoms. The molecular formula is C10H13N5O5. The number of nitrogens with two attached hydrogens (primary N) is 1. The number of aromatic nitrogens is 4. The Hall–Kier alpha value is -2.01. The average molecular weight is 283 g/mol. The molecule has 0 saturated carbocycles. The van der Waals surface area contributed by atoms with Crippen molar-refractivity contribution in [3.8, 4) is 0 Å². The van der Waals surface area contributed by atoms with Crippen molar-refractivity contribution in [3.05, 3.63) is 16.6 Å². The number of aliphatic hydroxyl groups is 3. The highest BCUT2D eigenvalue weighted by Gasteiger charge is 2.43. The van der Waals surface area contributed by atoms with E-state index in [-0.39, 0.29) is 17.0 Å². The minimum Gasteiger partial charge on any atom is -0.394 e. The topological polar surface area (TPSA) is 160 Å². The van der Waals surface area contributed by atoms with E-state index in [2.05, 4.69) is 15.1 Å². The molecule has 0 unspecified atom stereocenters. The lowest BCUT2D eigenvalue weighted by Crippen LogP contribution is -2.33. The molecule has 1 saturated heterocycles. The van der Waals surface area contributed by atoms with Crippen molar-refractivity contribution in [1.82, 2.24) is 19.7 Å². The highest BCUT2D eigenvalue weighted by Crippen LogP contribution is 2.29. The molecule has 6 N–H and O–H groups in total. The number of aromatic amines is 1. The van der Waals surface area contributed by atoms with Gasteiger partial charge >= 0.3 is 0 Å². The van der Waals surface area contributed by atoms with Crippen LogP contribution in [0.4, 0.5) is 5.95 Å². The Morgan fingerprint density at radius 2 is 2.20 bits per heavy atom. The Labute approximate surface area is 111 Å². The SMILES string of the molecule is Nc1nc2nn([C@@H]3O[C@H](CO)[C@@H](O)[C@H]3O)cc2c(=O)[nH]1. The lowest BCUT2D eigenvalue weighted by molar-refractivity contribution is -0.0583. The fourth-order valence-corrected chi connectivity index (χ4v) is 2.18. The summed E-state index contributed by atoms with van der Waals surface area (Å²) in [5.41, 5.74) is 5.04. The number of nitrogen functional groups attached to an aromatic ring is 1. The number of anilines is 1. The molecular weight excluding hydrogens is 270 g/mol. The highest BCUT2D eigenvalue weighted by molar-refractivity contribution is 5.73. The molecule has 1 fully saturated rings. The van der Waals surface area contributed by atoms with Crippen LogP contribution in [0.15, 0.2) is 11.0 Å². The number of ether oxygens (including phenoxy) is 1. The molecule has 0 aliphatic carbocycles. The number of hydrogen-bond donors (Lipinski definition) is 5. The molecule has 10 nitrogen and oxygen atoms in total. The zero-order chi connectivity index (χ0) is 14.4. The molecule has 10 heteroatoms. The van der Waals surface area contributed by atoms with E-state index in [4.69, 9.17) is 15.6 Å². The van der Waals surface area contributed by atoms with Gasteiger partial charge in [-0.2, -0.15) is 4.98 Å². The van der Waals surface area contributed by atoms with Gasteiger partial charge in [-0.3, -0.25) is 9.78 Å². The smallest absolute Gasteiger partial charge is 0.263 e. The molecule has 108 valence electrons. The van der Waals surface area contributed by atoms with Crippen molar-refractivity contribution >= 4 is 17.0 Å². The quantitative estimate of drug-likeness (QED) is 0.398. The first-order chi connectivity index (χ1) is 9.51. The van der Waals surface area contributed by atoms with Crippen LogP contribution in [0.2, 0.25) is 0 Å². The normalized spacial score (nSPS) is 30.1. The van der Waals surface area contributed by atoms with E-state index < -0.39 is 36.7 Å². The molecule has 0 bridgehead atoms. The maximum absolute atomic E-state index is 11.7. The van der Waals surface area contributed by atoms with Crippen molar-refractivity contribution in [2.75, 3.05) is 12.3 Å². The fourth-order valence-electron chi connectivity index (χ4n) is 2.18. The van der Waals surface area contributed by atoms with Crippen LogP contribution < -0.4 is 11.3 Å². The summed E-state index contributed by atoms with van der Waals surface area (Å²) in [4.78, 5) is 17.8. The third kappa shape index (κ3) is 1.86. The monoisotopic (exact) mass is 283 g/mol. The Bertz CT molecular complexity index is 697. The summed E-state index contributed by atoms with van der Waals surface area (Å²) in [6.45, 7) is -0.443. The predicted octanol–water partition coefficient (Wildman–Crippen LogP) is -2.69. The Balaban J connectivity index is 2.03. The number of fused-ring (bicyclic) bond motifs is 1. The Morgan fingerprint density at radius 3 is 2.85 bits per heavy atom. The van der Waals surface area contributed by atoms with Gasteiger partial charge in [0, 0.05) is 6.20 Å². The minimum atomic E-state index is -1.28. The number of H-pyrrole nitrogens is 1. The molecule has 3 heterocycles. The molecule has 0 radical (unpaired) electrons. The number of nitrogens with zero attached hydrogens (tertiary/aromatic N) is 3. The first kappa shape index (κ1) is 13.0. The minimum absolute atomic E-state index is 0.0751. The molecule has 1 aliphatic rings. The molecule has 3 rings (SSSR count). The van der Waals surface area contributed by atoms with Gasteiger partial charge in [-0.05, 0) is 0 Å². The summed E-state index contributed by atoms with van der Waals surface area (Å²) < 4.78 is 6.48. The van der Waals surface area contributed by atoms with E-state index in [0.717, 1.165) is 0 Å². The molecule has 4 atom stereocenters. The number of aliphatic hydroxyl groups excluding tert-OH is 3. The molecule has 2 aromatic rings. The lowest BCUT2D eigenvalue weighted by Gasteiger charge is -2.14. The van der Waals surface area contributed by atoms with Crippen molar-refractivity contribution in [1.29, 1.82) is 0 Å². The van der Waals surface area contributed by atoms with Crippen molar-refractivity contribution in [2.24, 2.45) is 0 Å². The van der Waals surface area contributed by atoms with Crippen LogP contribution in [0.25, 0.3) is 11.0 Å². The number of nitrogens with one attached hydrogen (secondary N) is 1. The molecule has 0 amide bonds. The fraction of sp³-hybridized carbons (Fsp3) is 0.500. The molecule has 2 aromatic heterocycles. The zero-order valence-electron chi connectivity index (χ0n) is 10.2. The largest absolute Gasteiger partial charge is 0.394 e. The second-order valence-electron chi connectivity index (χ2n) is 4.53. The van der Waals surface area contributed by atoms with Crippen LogP contribution in [-0.4, -0.2) is 60.0 Å². The van der Waals surface area contributed by atoms with Crippen LogP contribution in [0.1, 0.15) is 6.23 Å². The van der Waals surface area contributed by atoms with E-state index in [1.807, 2.05) is 0 Å². The first-order valence-electron chi connectivity index (χ1n) is 5.88. The lowest BCUT2D eigenvalue weighted by atomic mass is 10.1. The Kier molecular flexibility index (Phi) is 2.94. The van der Waals surface area contributed by atoms with E-state index in [1.54, 1.807) is 0 Å². The van der Waals surface area contributed by atoms with Gasteiger partial charge in [-0.25, -0.2) is 4.68 Å². The van der Waals surface area contributed by atoms with E-state index >= 15 is 0 Å². The molecule has 20 heavy (non-hydrogen) atoms. The number of rotatable bonds is 2. The first-order valence-corrected chi connectivity index (χ1v) is 5.88. The van der Waals surface area contributed by atoms with Crippen molar-refractivity contribution in [3.63, 3.8) is 0 Å². The summed E-state index contributed by atoms with van der Waals surface area (Å²) in [7, 11) is 0. The summed E-state index contributed by atoms with van der Waals surface area (Å²) in [6, 6.07) is 0. The van der Waals surface area contributed by atoms with Gasteiger partial charge in [0.1, 0.15) is 23.7 Å². The summed E-state index contributed by atoms with van der Waals surface area (Å²) in [5, 5.41) is 32.8. The third-order valence-corrected chi connectivity index (χ3v) is 3.20. The summed E-state index contributed by atoms with van der Waals surface area (Å²) in [5.74, 6) is -0.0751. The van der Waals surface area contributed by atoms with Crippen LogP contribution >= 0.6 is 0 Å². The van der Waals surface area contributed by atoms with Gasteiger partial charge in [0.15, 0.2) is 11.9 Å². The average Bonchev–Trinajstić information content (AvgIpc) is 2.93. The van der Waals surface area contributed by atoms with Crippen LogP contribution in [0, 0.1) is 0 Å². The van der Waals surface area contributed by atoms with Gasteiger partial charge in [0.25, 0.3) is 5.56 Å². The summed E-state index contributed by atoms with van der Waals surface area (Å²) >= 11 is 0. The van der Waals surface area contributed by atoms with Gasteiger partial charge in [-0.1, -0.05) is 0 Å². The van der Waals surface area contributed by atoms with Gasteiger partial charge < -0.3 is 25.8 Å². The zero-order valence-corrected chi connectivity index (χ0v) is 10.2. The highest BCUT2D eigenvalue weighted by atomic mass is 16.6. The van der Waals surface area contributed by atoms with E-state index in [0.29, 0.717) is 0 Å². The second-order valence-corrected chi connectivity index (χ2v) is 4.53. The Morgan fingerprint density at radius 1 is 1.45 bits per heavy atom. The van der Waals surface area contributed by atoms with Gasteiger partial charge in [0.2, 0.25) is 5.95 Å². The van der Waals surface area contributed by atoms with Crippen LogP contribution in [0.3, 0.4) is 0 Å². The number of hydrogen-bond acceptors (Lipinski definition) is 8. The van der Waals surface area contributed by atoms with Crippen LogP contribution in [0.5, 0.6) is 0 Å². The molecule has 1 aliphatic heterocycles.